The van der Waals surface area contributed by atoms with Gasteiger partial charge in [-0.3, -0.25) is 0 Å². The van der Waals surface area contributed by atoms with Gasteiger partial charge in [0.25, 0.3) is 0 Å². The Labute approximate surface area is 123 Å². The summed E-state index contributed by atoms with van der Waals surface area (Å²) >= 11 is 0. The lowest BCUT2D eigenvalue weighted by molar-refractivity contribution is -0.176. The van der Waals surface area contributed by atoms with Crippen molar-refractivity contribution in [2.75, 3.05) is 26.4 Å². The molecule has 0 amide bonds. The maximum absolute atomic E-state index is 12.2. The molecule has 1 saturated heterocycles. The summed E-state index contributed by atoms with van der Waals surface area (Å²) in [4.78, 5) is 0. The van der Waals surface area contributed by atoms with Gasteiger partial charge in [0.05, 0.1) is 6.10 Å². The zero-order chi connectivity index (χ0) is 14.9. The van der Waals surface area contributed by atoms with Crippen LogP contribution >= 0.6 is 0 Å². The quantitative estimate of drug-likeness (QED) is 0.700. The van der Waals surface area contributed by atoms with Gasteiger partial charge in [0.15, 0.2) is 0 Å². The minimum absolute atomic E-state index is 0.0324. The summed E-state index contributed by atoms with van der Waals surface area (Å²) in [6.07, 6.45) is 2.39. The van der Waals surface area contributed by atoms with Crippen LogP contribution in [0, 0.1) is 11.3 Å². The van der Waals surface area contributed by atoms with Gasteiger partial charge in [-0.15, -0.1) is 0 Å². The van der Waals surface area contributed by atoms with Crippen LogP contribution < -0.4 is 5.32 Å². The van der Waals surface area contributed by atoms with Crippen LogP contribution in [0.25, 0.3) is 0 Å². The normalized spacial score (nSPS) is 33.6. The first-order valence-corrected chi connectivity index (χ1v) is 7.98. The third-order valence-electron chi connectivity index (χ3n) is 4.88. The lowest BCUT2D eigenvalue weighted by Crippen LogP contribution is -2.43. The van der Waals surface area contributed by atoms with Gasteiger partial charge < -0.3 is 14.8 Å². The van der Waals surface area contributed by atoms with Crippen molar-refractivity contribution in [1.29, 1.82) is 0 Å². The Hall–Kier alpha value is -0.330. The SMILES string of the molecule is FC(F)(F)COCCC1(CNC2CC2)CCOC1C1CC1. The van der Waals surface area contributed by atoms with Crippen molar-refractivity contribution in [2.45, 2.75) is 56.8 Å². The van der Waals surface area contributed by atoms with E-state index in [1.165, 1.54) is 25.7 Å². The van der Waals surface area contributed by atoms with E-state index in [4.69, 9.17) is 9.47 Å². The van der Waals surface area contributed by atoms with E-state index >= 15 is 0 Å². The summed E-state index contributed by atoms with van der Waals surface area (Å²) in [6, 6.07) is 0.610. The molecule has 0 aromatic carbocycles. The van der Waals surface area contributed by atoms with Gasteiger partial charge in [-0.2, -0.15) is 13.2 Å². The molecule has 1 N–H and O–H groups in total. The number of hydrogen-bond acceptors (Lipinski definition) is 3. The first kappa shape index (κ1) is 15.6. The number of halogens is 3. The predicted molar refractivity (Wildman–Crippen MR) is 72.0 cm³/mol. The zero-order valence-electron chi connectivity index (χ0n) is 12.3. The summed E-state index contributed by atoms with van der Waals surface area (Å²) in [5.74, 6) is 0.608. The van der Waals surface area contributed by atoms with Crippen LogP contribution in [0.5, 0.6) is 0 Å². The largest absolute Gasteiger partial charge is 0.411 e. The van der Waals surface area contributed by atoms with Gasteiger partial charge in [-0.1, -0.05) is 0 Å². The minimum Gasteiger partial charge on any atom is -0.377 e. The average Bonchev–Trinajstić information content (AvgIpc) is 3.31. The first-order valence-electron chi connectivity index (χ1n) is 7.98. The van der Waals surface area contributed by atoms with Gasteiger partial charge in [0.1, 0.15) is 6.61 Å². The van der Waals surface area contributed by atoms with E-state index in [-0.39, 0.29) is 18.1 Å². The summed E-state index contributed by atoms with van der Waals surface area (Å²) < 4.78 is 47.3. The van der Waals surface area contributed by atoms with Crippen LogP contribution in [0.4, 0.5) is 13.2 Å². The number of hydrogen-bond donors (Lipinski definition) is 1. The van der Waals surface area contributed by atoms with Gasteiger partial charge in [-0.05, 0) is 44.4 Å². The molecule has 122 valence electrons. The first-order chi connectivity index (χ1) is 9.99. The second kappa shape index (κ2) is 6.05. The molecule has 0 spiro atoms. The minimum atomic E-state index is -4.23. The number of ether oxygens (including phenoxy) is 2. The third kappa shape index (κ3) is 4.33. The van der Waals surface area contributed by atoms with Crippen molar-refractivity contribution in [3.8, 4) is 0 Å². The van der Waals surface area contributed by atoms with E-state index in [0.29, 0.717) is 18.4 Å². The Bertz CT molecular complexity index is 355. The highest BCUT2D eigenvalue weighted by atomic mass is 19.4. The fourth-order valence-corrected chi connectivity index (χ4v) is 3.39. The molecule has 0 radical (unpaired) electrons. The van der Waals surface area contributed by atoms with Crippen molar-refractivity contribution < 1.29 is 22.6 Å². The van der Waals surface area contributed by atoms with Crippen LogP contribution in [0.1, 0.15) is 38.5 Å². The molecule has 0 aromatic heterocycles. The number of alkyl halides is 3. The average molecular weight is 307 g/mol. The molecule has 2 aliphatic carbocycles. The Morgan fingerprint density at radius 2 is 1.95 bits per heavy atom. The van der Waals surface area contributed by atoms with E-state index in [2.05, 4.69) is 5.32 Å². The topological polar surface area (TPSA) is 30.5 Å². The maximum atomic E-state index is 12.2. The summed E-state index contributed by atoms with van der Waals surface area (Å²) in [5, 5.41) is 3.55. The molecule has 21 heavy (non-hydrogen) atoms. The Kier molecular flexibility index (Phi) is 4.48. The summed E-state index contributed by atoms with van der Waals surface area (Å²) in [5.41, 5.74) is -0.0324. The van der Waals surface area contributed by atoms with Gasteiger partial charge in [0, 0.05) is 31.2 Å². The van der Waals surface area contributed by atoms with Crippen molar-refractivity contribution >= 4 is 0 Å². The van der Waals surface area contributed by atoms with E-state index in [9.17, 15) is 13.2 Å². The Morgan fingerprint density at radius 3 is 2.57 bits per heavy atom. The van der Waals surface area contributed by atoms with E-state index in [1.54, 1.807) is 0 Å². The smallest absolute Gasteiger partial charge is 0.377 e. The molecule has 3 fully saturated rings. The Balaban J connectivity index is 1.53. The van der Waals surface area contributed by atoms with E-state index in [0.717, 1.165) is 19.6 Å². The molecule has 3 rings (SSSR count). The van der Waals surface area contributed by atoms with Crippen molar-refractivity contribution in [3.05, 3.63) is 0 Å². The second-order valence-corrected chi connectivity index (χ2v) is 6.81. The summed E-state index contributed by atoms with van der Waals surface area (Å²) in [7, 11) is 0. The molecule has 0 bridgehead atoms. The lowest BCUT2D eigenvalue weighted by atomic mass is 9.76. The van der Waals surface area contributed by atoms with Crippen LogP contribution in [-0.4, -0.2) is 44.7 Å². The van der Waals surface area contributed by atoms with Crippen LogP contribution in [0.15, 0.2) is 0 Å². The molecule has 3 nitrogen and oxygen atoms in total. The standard InChI is InChI=1S/C15H24F3NO2/c16-15(17,18)10-20-7-5-14(9-19-12-3-4-12)6-8-21-13(14)11-1-2-11/h11-13,19H,1-10H2. The molecule has 6 heteroatoms. The van der Waals surface area contributed by atoms with Gasteiger partial charge in [0.2, 0.25) is 0 Å². The highest BCUT2D eigenvalue weighted by Gasteiger charge is 2.50. The van der Waals surface area contributed by atoms with Gasteiger partial charge >= 0.3 is 6.18 Å². The maximum Gasteiger partial charge on any atom is 0.411 e. The van der Waals surface area contributed by atoms with Crippen LogP contribution in [0.2, 0.25) is 0 Å². The third-order valence-corrected chi connectivity index (χ3v) is 4.88. The fourth-order valence-electron chi connectivity index (χ4n) is 3.39. The van der Waals surface area contributed by atoms with Crippen molar-refractivity contribution in [2.24, 2.45) is 11.3 Å². The predicted octanol–water partition coefficient (Wildman–Crippen LogP) is 2.89. The highest BCUT2D eigenvalue weighted by molar-refractivity contribution is 5.01. The molecule has 1 aliphatic heterocycles. The molecule has 0 aromatic rings. The molecule has 3 aliphatic rings. The second-order valence-electron chi connectivity index (χ2n) is 6.81. The monoisotopic (exact) mass is 307 g/mol. The molecule has 1 heterocycles. The lowest BCUT2D eigenvalue weighted by Gasteiger charge is -2.35. The summed E-state index contributed by atoms with van der Waals surface area (Å²) in [6.45, 7) is 0.605. The molecule has 2 unspecified atom stereocenters. The van der Waals surface area contributed by atoms with E-state index in [1.807, 2.05) is 0 Å². The molecular weight excluding hydrogens is 283 g/mol. The van der Waals surface area contributed by atoms with Crippen molar-refractivity contribution in [1.82, 2.24) is 5.32 Å². The van der Waals surface area contributed by atoms with Crippen LogP contribution in [0.3, 0.4) is 0 Å². The van der Waals surface area contributed by atoms with Crippen molar-refractivity contribution in [3.63, 3.8) is 0 Å². The zero-order valence-corrected chi connectivity index (χ0v) is 12.3. The number of nitrogens with one attached hydrogen (secondary N) is 1. The van der Waals surface area contributed by atoms with Crippen LogP contribution in [-0.2, 0) is 9.47 Å². The van der Waals surface area contributed by atoms with Gasteiger partial charge in [-0.25, -0.2) is 0 Å². The molecule has 2 saturated carbocycles. The Morgan fingerprint density at radius 1 is 1.19 bits per heavy atom. The molecular formula is C15H24F3NO2. The fraction of sp³-hybridized carbons (Fsp3) is 1.00. The van der Waals surface area contributed by atoms with E-state index < -0.39 is 12.8 Å². The molecule has 2 atom stereocenters. The number of rotatable bonds is 8. The highest BCUT2D eigenvalue weighted by Crippen LogP contribution is 2.49.